The van der Waals surface area contributed by atoms with Gasteiger partial charge in [0.15, 0.2) is 11.6 Å². The zero-order chi connectivity index (χ0) is 22.6. The van der Waals surface area contributed by atoms with Gasteiger partial charge < -0.3 is 14.2 Å². The molecule has 1 saturated heterocycles. The number of likely N-dealkylation sites (tertiary alicyclic amines) is 1. The zero-order valence-corrected chi connectivity index (χ0v) is 18.2. The molecule has 1 aliphatic rings. The van der Waals surface area contributed by atoms with Gasteiger partial charge in [-0.15, -0.1) is 5.10 Å². The van der Waals surface area contributed by atoms with E-state index >= 15 is 0 Å². The van der Waals surface area contributed by atoms with E-state index in [1.807, 2.05) is 46.2 Å². The maximum absolute atomic E-state index is 13.6. The second-order valence-corrected chi connectivity index (χ2v) is 8.16. The number of ether oxygens (including phenoxy) is 1. The van der Waals surface area contributed by atoms with Crippen molar-refractivity contribution in [2.75, 3.05) is 19.7 Å². The topological polar surface area (TPSA) is 78.1 Å². The van der Waals surface area contributed by atoms with Crippen molar-refractivity contribution >= 4 is 16.9 Å². The quantitative estimate of drug-likeness (QED) is 0.433. The van der Waals surface area contributed by atoms with Crippen molar-refractivity contribution in [3.05, 3.63) is 72.6 Å². The highest BCUT2D eigenvalue weighted by molar-refractivity contribution is 5.76. The number of hydrogen-bond donors (Lipinski definition) is 0. The molecule has 2 aromatic heterocycles. The van der Waals surface area contributed by atoms with E-state index in [-0.39, 0.29) is 30.6 Å². The van der Waals surface area contributed by atoms with E-state index in [0.29, 0.717) is 19.8 Å². The number of carbonyl (C=O) groups is 1. The highest BCUT2D eigenvalue weighted by Gasteiger charge is 2.26. The van der Waals surface area contributed by atoms with Gasteiger partial charge in [0.25, 0.3) is 0 Å². The third kappa shape index (κ3) is 4.57. The lowest BCUT2D eigenvalue weighted by Crippen LogP contribution is -2.39. The van der Waals surface area contributed by atoms with E-state index < -0.39 is 5.82 Å². The van der Waals surface area contributed by atoms with E-state index in [1.165, 1.54) is 6.07 Å². The molecule has 1 amide bonds. The van der Waals surface area contributed by atoms with Crippen molar-refractivity contribution in [3.63, 3.8) is 0 Å². The molecule has 4 aromatic rings. The molecule has 1 fully saturated rings. The summed E-state index contributed by atoms with van der Waals surface area (Å²) in [5.74, 6) is 1.07. The van der Waals surface area contributed by atoms with Crippen molar-refractivity contribution < 1.29 is 13.9 Å². The minimum absolute atomic E-state index is 0.0298. The molecule has 1 aliphatic heterocycles. The molecule has 0 aliphatic carbocycles. The molecule has 0 saturated carbocycles. The Balaban J connectivity index is 1.15. The predicted octanol–water partition coefficient (Wildman–Crippen LogP) is 3.45. The highest BCUT2D eigenvalue weighted by atomic mass is 19.1. The summed E-state index contributed by atoms with van der Waals surface area (Å²) in [6.45, 7) is 2.04. The SMILES string of the molecule is O=C(CCOc1ccccc1F)N1CCC(c2nccn2Cn2nnc3ccccc32)CC1. The van der Waals surface area contributed by atoms with E-state index in [2.05, 4.69) is 19.9 Å². The molecular weight excluding hydrogens is 423 g/mol. The summed E-state index contributed by atoms with van der Waals surface area (Å²) in [6, 6.07) is 14.1. The fourth-order valence-electron chi connectivity index (χ4n) is 4.32. The first-order valence-corrected chi connectivity index (χ1v) is 11.1. The minimum Gasteiger partial charge on any atom is -0.490 e. The van der Waals surface area contributed by atoms with Crippen LogP contribution in [-0.2, 0) is 11.5 Å². The number of amides is 1. The molecule has 3 heterocycles. The van der Waals surface area contributed by atoms with Gasteiger partial charge in [-0.05, 0) is 37.1 Å². The van der Waals surface area contributed by atoms with Crippen LogP contribution in [0.1, 0.15) is 31.0 Å². The number of aromatic nitrogens is 5. The van der Waals surface area contributed by atoms with Gasteiger partial charge in [0.05, 0.1) is 18.5 Å². The smallest absolute Gasteiger partial charge is 0.225 e. The summed E-state index contributed by atoms with van der Waals surface area (Å²) in [6.07, 6.45) is 5.69. The summed E-state index contributed by atoms with van der Waals surface area (Å²) in [5.41, 5.74) is 1.85. The average molecular weight is 449 g/mol. The first-order chi connectivity index (χ1) is 16.2. The van der Waals surface area contributed by atoms with Crippen LogP contribution in [0.2, 0.25) is 0 Å². The highest BCUT2D eigenvalue weighted by Crippen LogP contribution is 2.27. The number of imidazole rings is 1. The fourth-order valence-corrected chi connectivity index (χ4v) is 4.32. The molecule has 0 unspecified atom stereocenters. The fraction of sp³-hybridized carbons (Fsp3) is 0.333. The molecule has 8 nitrogen and oxygen atoms in total. The maximum Gasteiger partial charge on any atom is 0.225 e. The predicted molar refractivity (Wildman–Crippen MR) is 120 cm³/mol. The second kappa shape index (κ2) is 9.40. The average Bonchev–Trinajstić information content (AvgIpc) is 3.48. The third-order valence-electron chi connectivity index (χ3n) is 6.08. The van der Waals surface area contributed by atoms with Crippen LogP contribution in [0, 0.1) is 5.82 Å². The Morgan fingerprint density at radius 1 is 1.09 bits per heavy atom. The van der Waals surface area contributed by atoms with E-state index in [1.54, 1.807) is 18.2 Å². The third-order valence-corrected chi connectivity index (χ3v) is 6.08. The van der Waals surface area contributed by atoms with Gasteiger partial charge in [0, 0.05) is 31.4 Å². The Morgan fingerprint density at radius 3 is 2.73 bits per heavy atom. The Hall–Kier alpha value is -3.75. The summed E-state index contributed by atoms with van der Waals surface area (Å²) in [5, 5.41) is 8.50. The molecule has 170 valence electrons. The monoisotopic (exact) mass is 448 g/mol. The van der Waals surface area contributed by atoms with Crippen LogP contribution in [-0.4, -0.2) is 55.0 Å². The summed E-state index contributed by atoms with van der Waals surface area (Å²) < 4.78 is 23.0. The molecule has 9 heteroatoms. The van der Waals surface area contributed by atoms with Crippen molar-refractivity contribution in [2.24, 2.45) is 0 Å². The van der Waals surface area contributed by atoms with E-state index in [4.69, 9.17) is 4.74 Å². The lowest BCUT2D eigenvalue weighted by atomic mass is 9.95. The minimum atomic E-state index is -0.417. The number of para-hydroxylation sites is 2. The van der Waals surface area contributed by atoms with Gasteiger partial charge >= 0.3 is 0 Å². The number of nitrogens with zero attached hydrogens (tertiary/aromatic N) is 6. The van der Waals surface area contributed by atoms with Crippen molar-refractivity contribution in [1.82, 2.24) is 29.4 Å². The normalized spacial score (nSPS) is 14.6. The Bertz CT molecular complexity index is 1240. The molecule has 33 heavy (non-hydrogen) atoms. The summed E-state index contributed by atoms with van der Waals surface area (Å²) in [4.78, 5) is 19.0. The molecular formula is C24H25FN6O2. The van der Waals surface area contributed by atoms with Crippen LogP contribution in [0.5, 0.6) is 5.75 Å². The van der Waals surface area contributed by atoms with Crippen LogP contribution >= 0.6 is 0 Å². The molecule has 5 rings (SSSR count). The molecule has 0 atom stereocenters. The van der Waals surface area contributed by atoms with Crippen LogP contribution in [0.3, 0.4) is 0 Å². The summed E-state index contributed by atoms with van der Waals surface area (Å²) in [7, 11) is 0. The Labute approximate surface area is 190 Å². The maximum atomic E-state index is 13.6. The van der Waals surface area contributed by atoms with Crippen LogP contribution in [0.15, 0.2) is 60.9 Å². The number of carbonyl (C=O) groups excluding carboxylic acids is 1. The van der Waals surface area contributed by atoms with Crippen LogP contribution < -0.4 is 4.74 Å². The van der Waals surface area contributed by atoms with E-state index in [9.17, 15) is 9.18 Å². The lowest BCUT2D eigenvalue weighted by Gasteiger charge is -2.32. The van der Waals surface area contributed by atoms with Gasteiger partial charge in [-0.25, -0.2) is 14.1 Å². The van der Waals surface area contributed by atoms with Crippen molar-refractivity contribution in [3.8, 4) is 5.75 Å². The largest absolute Gasteiger partial charge is 0.490 e. The first-order valence-electron chi connectivity index (χ1n) is 11.1. The number of piperidine rings is 1. The number of fused-ring (bicyclic) bond motifs is 1. The van der Waals surface area contributed by atoms with E-state index in [0.717, 1.165) is 29.7 Å². The lowest BCUT2D eigenvalue weighted by molar-refractivity contribution is -0.132. The number of benzene rings is 2. The standard InChI is InChI=1S/C24H25FN6O2/c25-19-5-1-4-8-22(19)33-16-11-23(32)29-13-9-18(10-14-29)24-26-12-15-30(24)17-31-21-7-3-2-6-20(21)27-28-31/h1-8,12,15,18H,9-11,13-14,16-17H2. The molecule has 0 bridgehead atoms. The molecule has 0 spiro atoms. The molecule has 0 radical (unpaired) electrons. The summed E-state index contributed by atoms with van der Waals surface area (Å²) >= 11 is 0. The number of rotatable bonds is 7. The van der Waals surface area contributed by atoms with Gasteiger partial charge in [-0.2, -0.15) is 0 Å². The zero-order valence-electron chi connectivity index (χ0n) is 18.2. The number of hydrogen-bond acceptors (Lipinski definition) is 5. The van der Waals surface area contributed by atoms with Gasteiger partial charge in [-0.3, -0.25) is 4.79 Å². The Morgan fingerprint density at radius 2 is 1.88 bits per heavy atom. The Kier molecular flexibility index (Phi) is 6.01. The number of halogens is 1. The van der Waals surface area contributed by atoms with Gasteiger partial charge in [-0.1, -0.05) is 29.5 Å². The van der Waals surface area contributed by atoms with Gasteiger partial charge in [0.1, 0.15) is 18.0 Å². The van der Waals surface area contributed by atoms with Crippen molar-refractivity contribution in [1.29, 1.82) is 0 Å². The van der Waals surface area contributed by atoms with Gasteiger partial charge in [0.2, 0.25) is 5.91 Å². The van der Waals surface area contributed by atoms with Crippen LogP contribution in [0.25, 0.3) is 11.0 Å². The first kappa shape index (κ1) is 21.1. The van der Waals surface area contributed by atoms with Crippen LogP contribution in [0.4, 0.5) is 4.39 Å². The molecule has 2 aromatic carbocycles. The van der Waals surface area contributed by atoms with Crippen molar-refractivity contribution in [2.45, 2.75) is 31.8 Å². The molecule has 0 N–H and O–H groups in total. The second-order valence-electron chi connectivity index (χ2n) is 8.16.